The smallest absolute Gasteiger partial charge is 0.236 e. The van der Waals surface area contributed by atoms with E-state index >= 15 is 0 Å². The third-order valence-corrected chi connectivity index (χ3v) is 3.40. The Bertz CT molecular complexity index is 402. The minimum absolute atomic E-state index is 0.00944. The summed E-state index contributed by atoms with van der Waals surface area (Å²) in [6.07, 6.45) is 3.28. The molecule has 1 aliphatic carbocycles. The molecule has 0 aromatic carbocycles. The molecule has 92 valence electrons. The quantitative estimate of drug-likeness (QED) is 0.354. The van der Waals surface area contributed by atoms with Crippen LogP contribution < -0.4 is 11.3 Å². The molecule has 1 aromatic rings. The summed E-state index contributed by atoms with van der Waals surface area (Å²) in [7, 11) is 0. The molecule has 2 rings (SSSR count). The Balaban J connectivity index is 1.97. The van der Waals surface area contributed by atoms with Crippen molar-refractivity contribution in [2.24, 2.45) is 11.8 Å². The van der Waals surface area contributed by atoms with Crippen LogP contribution in [-0.4, -0.2) is 10.9 Å². The van der Waals surface area contributed by atoms with Crippen LogP contribution in [0.4, 0.5) is 4.39 Å². The van der Waals surface area contributed by atoms with E-state index < -0.39 is 5.95 Å². The van der Waals surface area contributed by atoms with Gasteiger partial charge in [0.2, 0.25) is 11.9 Å². The molecule has 0 unspecified atom stereocenters. The van der Waals surface area contributed by atoms with Gasteiger partial charge in [-0.1, -0.05) is 6.07 Å². The van der Waals surface area contributed by atoms with E-state index in [9.17, 15) is 9.18 Å². The first-order chi connectivity index (χ1) is 8.20. The second-order valence-electron chi connectivity index (χ2n) is 4.44. The fourth-order valence-electron chi connectivity index (χ4n) is 2.42. The molecule has 0 saturated heterocycles. The van der Waals surface area contributed by atoms with Gasteiger partial charge in [0.15, 0.2) is 0 Å². The highest BCUT2D eigenvalue weighted by Gasteiger charge is 2.27. The molecule has 0 bridgehead atoms. The van der Waals surface area contributed by atoms with Gasteiger partial charge >= 0.3 is 0 Å². The molecule has 1 saturated carbocycles. The van der Waals surface area contributed by atoms with Crippen molar-refractivity contribution in [2.45, 2.75) is 31.6 Å². The molecule has 3 N–H and O–H groups in total. The number of nitrogens with one attached hydrogen (secondary N) is 1. The number of carbonyl (C=O) groups excluding carboxylic acids is 1. The van der Waals surface area contributed by atoms with Crippen LogP contribution in [0, 0.1) is 11.9 Å². The topological polar surface area (TPSA) is 68.0 Å². The first-order valence-corrected chi connectivity index (χ1v) is 5.83. The highest BCUT2D eigenvalue weighted by atomic mass is 19.1. The van der Waals surface area contributed by atoms with E-state index in [1.54, 1.807) is 6.07 Å². The maximum Gasteiger partial charge on any atom is 0.236 e. The summed E-state index contributed by atoms with van der Waals surface area (Å²) in [5.74, 6) is 4.81. The van der Waals surface area contributed by atoms with Crippen molar-refractivity contribution in [3.8, 4) is 0 Å². The summed E-state index contributed by atoms with van der Waals surface area (Å²) in [5, 5.41) is 0. The van der Waals surface area contributed by atoms with Gasteiger partial charge in [-0.3, -0.25) is 10.2 Å². The Morgan fingerprint density at radius 2 is 2.06 bits per heavy atom. The van der Waals surface area contributed by atoms with Gasteiger partial charge in [-0.25, -0.2) is 10.8 Å². The van der Waals surface area contributed by atoms with Crippen LogP contribution >= 0.6 is 0 Å². The van der Waals surface area contributed by atoms with E-state index in [0.29, 0.717) is 0 Å². The van der Waals surface area contributed by atoms with E-state index in [1.807, 2.05) is 6.07 Å². The molecule has 0 aliphatic heterocycles. The molecule has 0 radical (unpaired) electrons. The Labute approximate surface area is 99.4 Å². The number of amides is 1. The van der Waals surface area contributed by atoms with Crippen molar-refractivity contribution in [3.05, 3.63) is 29.8 Å². The van der Waals surface area contributed by atoms with Crippen molar-refractivity contribution in [1.82, 2.24) is 10.4 Å². The first kappa shape index (κ1) is 12.0. The second kappa shape index (κ2) is 5.23. The zero-order valence-electron chi connectivity index (χ0n) is 9.53. The molecule has 17 heavy (non-hydrogen) atoms. The fourth-order valence-corrected chi connectivity index (χ4v) is 2.42. The molecule has 1 aliphatic rings. The number of hydrogen-bond acceptors (Lipinski definition) is 3. The molecule has 4 nitrogen and oxygen atoms in total. The lowest BCUT2D eigenvalue weighted by Gasteiger charge is -2.26. The first-order valence-electron chi connectivity index (χ1n) is 5.83. The third-order valence-electron chi connectivity index (χ3n) is 3.40. The summed E-state index contributed by atoms with van der Waals surface area (Å²) in [4.78, 5) is 15.2. The largest absolute Gasteiger partial charge is 0.294 e. The van der Waals surface area contributed by atoms with Crippen LogP contribution in [0.25, 0.3) is 0 Å². The maximum atomic E-state index is 13.0. The predicted molar refractivity (Wildman–Crippen MR) is 61.2 cm³/mol. The van der Waals surface area contributed by atoms with Crippen molar-refractivity contribution < 1.29 is 9.18 Å². The number of hydrazine groups is 1. The number of hydrogen-bond donors (Lipinski definition) is 2. The fraction of sp³-hybridized carbons (Fsp3) is 0.500. The number of nitrogens with zero attached hydrogens (tertiary/aromatic N) is 1. The molecule has 5 heteroatoms. The highest BCUT2D eigenvalue weighted by Crippen LogP contribution is 2.34. The Hall–Kier alpha value is -1.49. The van der Waals surface area contributed by atoms with Crippen molar-refractivity contribution >= 4 is 5.91 Å². The van der Waals surface area contributed by atoms with E-state index in [1.165, 1.54) is 6.07 Å². The molecule has 1 aromatic heterocycles. The second-order valence-corrected chi connectivity index (χ2v) is 4.44. The summed E-state index contributed by atoms with van der Waals surface area (Å²) in [5.41, 5.74) is 2.97. The highest BCUT2D eigenvalue weighted by molar-refractivity contribution is 5.78. The molecular weight excluding hydrogens is 221 g/mol. The standard InChI is InChI=1S/C12H16FN3O/c13-11-3-1-2-10(15-11)8-4-6-9(7-5-8)12(17)16-14/h1-3,8-9H,4-7,14H2,(H,16,17)/t8-,9-. The van der Waals surface area contributed by atoms with Crippen LogP contribution in [0.5, 0.6) is 0 Å². The molecule has 0 atom stereocenters. The number of rotatable bonds is 2. The molecule has 1 heterocycles. The number of carbonyl (C=O) groups is 1. The number of aromatic nitrogens is 1. The maximum absolute atomic E-state index is 13.0. The predicted octanol–water partition coefficient (Wildman–Crippen LogP) is 1.48. The van der Waals surface area contributed by atoms with Crippen LogP contribution in [0.15, 0.2) is 18.2 Å². The zero-order chi connectivity index (χ0) is 12.3. The minimum Gasteiger partial charge on any atom is -0.294 e. The monoisotopic (exact) mass is 237 g/mol. The lowest BCUT2D eigenvalue weighted by molar-refractivity contribution is -0.126. The Morgan fingerprint density at radius 3 is 2.65 bits per heavy atom. The molecule has 0 spiro atoms. The van der Waals surface area contributed by atoms with Crippen LogP contribution in [0.3, 0.4) is 0 Å². The van der Waals surface area contributed by atoms with Crippen molar-refractivity contribution in [2.75, 3.05) is 0 Å². The Kier molecular flexibility index (Phi) is 3.68. The lowest BCUT2D eigenvalue weighted by Crippen LogP contribution is -2.37. The van der Waals surface area contributed by atoms with Crippen molar-refractivity contribution in [1.29, 1.82) is 0 Å². The number of halogens is 1. The van der Waals surface area contributed by atoms with Gasteiger partial charge in [0.1, 0.15) is 0 Å². The third kappa shape index (κ3) is 2.79. The number of nitrogens with two attached hydrogens (primary N) is 1. The molecular formula is C12H16FN3O. The van der Waals surface area contributed by atoms with Crippen molar-refractivity contribution in [3.63, 3.8) is 0 Å². The van der Waals surface area contributed by atoms with E-state index in [-0.39, 0.29) is 17.7 Å². The number of pyridine rings is 1. The van der Waals surface area contributed by atoms with Crippen LogP contribution in [-0.2, 0) is 4.79 Å². The van der Waals surface area contributed by atoms with Crippen LogP contribution in [0.2, 0.25) is 0 Å². The lowest BCUT2D eigenvalue weighted by atomic mass is 9.80. The normalized spacial score (nSPS) is 24.4. The summed E-state index contributed by atoms with van der Waals surface area (Å²) < 4.78 is 13.0. The summed E-state index contributed by atoms with van der Waals surface area (Å²) >= 11 is 0. The van der Waals surface area contributed by atoms with Gasteiger partial charge in [0.05, 0.1) is 0 Å². The zero-order valence-corrected chi connectivity index (χ0v) is 9.53. The van der Waals surface area contributed by atoms with Gasteiger partial charge in [-0.05, 0) is 37.8 Å². The van der Waals surface area contributed by atoms with E-state index in [2.05, 4.69) is 10.4 Å². The van der Waals surface area contributed by atoms with Gasteiger partial charge < -0.3 is 0 Å². The van der Waals surface area contributed by atoms with Gasteiger partial charge in [-0.15, -0.1) is 0 Å². The SMILES string of the molecule is NNC(=O)[C@H]1CC[C@H](c2cccc(F)n2)CC1. The van der Waals surface area contributed by atoms with Crippen LogP contribution in [0.1, 0.15) is 37.3 Å². The average molecular weight is 237 g/mol. The summed E-state index contributed by atoms with van der Waals surface area (Å²) in [6, 6.07) is 4.87. The van der Waals surface area contributed by atoms with E-state index in [4.69, 9.17) is 5.84 Å². The van der Waals surface area contributed by atoms with Gasteiger partial charge in [0, 0.05) is 17.5 Å². The average Bonchev–Trinajstić information content (AvgIpc) is 2.38. The van der Waals surface area contributed by atoms with E-state index in [0.717, 1.165) is 31.4 Å². The molecule has 1 fully saturated rings. The minimum atomic E-state index is -0.440. The Morgan fingerprint density at radius 1 is 1.35 bits per heavy atom. The van der Waals surface area contributed by atoms with Gasteiger partial charge in [0.25, 0.3) is 0 Å². The molecule has 1 amide bonds. The van der Waals surface area contributed by atoms with Gasteiger partial charge in [-0.2, -0.15) is 4.39 Å². The summed E-state index contributed by atoms with van der Waals surface area (Å²) in [6.45, 7) is 0.